The maximum Gasteiger partial charge on any atom is 0.0640 e. The number of nitrogens with zero attached hydrogens (tertiary/aromatic N) is 2. The summed E-state index contributed by atoms with van der Waals surface area (Å²) in [6.45, 7) is 0. The Morgan fingerprint density at radius 2 is 1.16 bits per heavy atom. The molecular formula is C46H32N2S. The molecule has 0 radical (unpaired) electrons. The topological polar surface area (TPSA) is 8.17 Å². The van der Waals surface area contributed by atoms with Crippen molar-refractivity contribution in [2.45, 2.75) is 12.8 Å². The molecule has 0 amide bonds. The molecule has 0 N–H and O–H groups in total. The molecule has 2 heterocycles. The summed E-state index contributed by atoms with van der Waals surface area (Å²) in [5, 5.41) is 5.15. The number of fused-ring (bicyclic) bond motifs is 7. The summed E-state index contributed by atoms with van der Waals surface area (Å²) in [6.07, 6.45) is 6.82. The fraction of sp³-hybridized carbons (Fsp3) is 0.0435. The number of rotatable bonds is 5. The zero-order chi connectivity index (χ0) is 32.3. The lowest BCUT2D eigenvalue weighted by atomic mass is 9.90. The second kappa shape index (κ2) is 11.4. The molecule has 2 nitrogen and oxygen atoms in total. The van der Waals surface area contributed by atoms with Gasteiger partial charge in [0.1, 0.15) is 0 Å². The average Bonchev–Trinajstić information content (AvgIpc) is 3.72. The van der Waals surface area contributed by atoms with Crippen LogP contribution in [0.5, 0.6) is 0 Å². The third kappa shape index (κ3) is 4.54. The molecule has 2 aromatic heterocycles. The first kappa shape index (κ1) is 28.1. The average molecular weight is 645 g/mol. The highest BCUT2D eigenvalue weighted by atomic mass is 32.1. The lowest BCUT2D eigenvalue weighted by molar-refractivity contribution is 0.986. The first-order chi connectivity index (χ1) is 24.3. The van der Waals surface area contributed by atoms with Gasteiger partial charge in [0.15, 0.2) is 0 Å². The second-order valence-corrected chi connectivity index (χ2v) is 13.9. The van der Waals surface area contributed by atoms with E-state index in [0.29, 0.717) is 0 Å². The lowest BCUT2D eigenvalue weighted by Gasteiger charge is -2.27. The summed E-state index contributed by atoms with van der Waals surface area (Å²) < 4.78 is 4.99. The van der Waals surface area contributed by atoms with Gasteiger partial charge in [-0.1, -0.05) is 109 Å². The lowest BCUT2D eigenvalue weighted by Crippen LogP contribution is -2.10. The molecule has 3 heteroatoms. The molecule has 7 aromatic carbocycles. The van der Waals surface area contributed by atoms with Crippen molar-refractivity contribution in [2.24, 2.45) is 0 Å². The summed E-state index contributed by atoms with van der Waals surface area (Å²) in [6, 6.07) is 57.9. The van der Waals surface area contributed by atoms with E-state index in [1.807, 2.05) is 11.3 Å². The summed E-state index contributed by atoms with van der Waals surface area (Å²) in [5.41, 5.74) is 12.4. The van der Waals surface area contributed by atoms with E-state index in [0.717, 1.165) is 29.9 Å². The van der Waals surface area contributed by atoms with E-state index in [2.05, 4.69) is 179 Å². The van der Waals surface area contributed by atoms with Crippen molar-refractivity contribution in [2.75, 3.05) is 4.90 Å². The Hall–Kier alpha value is -5.90. The van der Waals surface area contributed by atoms with Crippen molar-refractivity contribution >= 4 is 76.5 Å². The zero-order valence-electron chi connectivity index (χ0n) is 26.9. The van der Waals surface area contributed by atoms with Crippen LogP contribution in [-0.4, -0.2) is 4.57 Å². The summed E-state index contributed by atoms with van der Waals surface area (Å²) in [5.74, 6) is 0. The summed E-state index contributed by atoms with van der Waals surface area (Å²) in [7, 11) is 0. The molecule has 0 atom stereocenters. The van der Waals surface area contributed by atoms with E-state index in [1.165, 1.54) is 69.9 Å². The number of hydrogen-bond acceptors (Lipinski definition) is 2. The van der Waals surface area contributed by atoms with Crippen molar-refractivity contribution in [3.05, 3.63) is 175 Å². The van der Waals surface area contributed by atoms with Crippen molar-refractivity contribution < 1.29 is 0 Å². The Labute approximate surface area is 289 Å². The molecule has 10 rings (SSSR count). The third-order valence-corrected chi connectivity index (χ3v) is 11.3. The molecule has 1 aliphatic rings. The van der Waals surface area contributed by atoms with Crippen LogP contribution in [0, 0.1) is 0 Å². The van der Waals surface area contributed by atoms with Crippen molar-refractivity contribution in [3.63, 3.8) is 0 Å². The van der Waals surface area contributed by atoms with Crippen molar-refractivity contribution in [1.82, 2.24) is 4.57 Å². The fourth-order valence-corrected chi connectivity index (χ4v) is 9.00. The van der Waals surface area contributed by atoms with Crippen LogP contribution >= 0.6 is 11.3 Å². The van der Waals surface area contributed by atoms with Gasteiger partial charge < -0.3 is 9.47 Å². The van der Waals surface area contributed by atoms with E-state index in [9.17, 15) is 0 Å². The summed E-state index contributed by atoms with van der Waals surface area (Å²) >= 11 is 1.87. The van der Waals surface area contributed by atoms with Gasteiger partial charge in [-0.3, -0.25) is 0 Å². The first-order valence-corrected chi connectivity index (χ1v) is 17.8. The third-order valence-electron chi connectivity index (χ3n) is 10.1. The fourth-order valence-electron chi connectivity index (χ4n) is 7.80. The van der Waals surface area contributed by atoms with Crippen molar-refractivity contribution in [3.8, 4) is 16.8 Å². The Balaban J connectivity index is 1.13. The zero-order valence-corrected chi connectivity index (χ0v) is 27.7. The van der Waals surface area contributed by atoms with Crippen LogP contribution in [0.3, 0.4) is 0 Å². The Bertz CT molecular complexity index is 2660. The molecule has 0 fully saturated rings. The highest BCUT2D eigenvalue weighted by molar-refractivity contribution is 7.26. The van der Waals surface area contributed by atoms with Crippen LogP contribution in [0.4, 0.5) is 17.1 Å². The van der Waals surface area contributed by atoms with Crippen LogP contribution in [0.25, 0.3) is 64.9 Å². The Kier molecular flexibility index (Phi) is 6.53. The largest absolute Gasteiger partial charge is 0.309 e. The van der Waals surface area contributed by atoms with Gasteiger partial charge in [-0.05, 0) is 95.8 Å². The summed E-state index contributed by atoms with van der Waals surface area (Å²) in [4.78, 5) is 2.43. The Morgan fingerprint density at radius 3 is 1.92 bits per heavy atom. The number of hydrogen-bond donors (Lipinski definition) is 0. The van der Waals surface area contributed by atoms with Gasteiger partial charge in [-0.25, -0.2) is 0 Å². The monoisotopic (exact) mass is 644 g/mol. The van der Waals surface area contributed by atoms with Crippen LogP contribution in [0.15, 0.2) is 164 Å². The number of para-hydroxylation sites is 2. The Morgan fingerprint density at radius 1 is 0.531 bits per heavy atom. The number of benzene rings is 7. The number of thiophene rings is 1. The number of anilines is 3. The molecule has 0 saturated heterocycles. The van der Waals surface area contributed by atoms with Gasteiger partial charge in [-0.2, -0.15) is 0 Å². The van der Waals surface area contributed by atoms with E-state index in [4.69, 9.17) is 0 Å². The van der Waals surface area contributed by atoms with Gasteiger partial charge in [0.2, 0.25) is 0 Å². The second-order valence-electron chi connectivity index (χ2n) is 12.8. The minimum Gasteiger partial charge on any atom is -0.309 e. The highest BCUT2D eigenvalue weighted by Crippen LogP contribution is 2.45. The maximum atomic E-state index is 2.43. The van der Waals surface area contributed by atoms with Gasteiger partial charge in [0.05, 0.1) is 21.4 Å². The van der Waals surface area contributed by atoms with Crippen molar-refractivity contribution in [1.29, 1.82) is 0 Å². The van der Waals surface area contributed by atoms with Gasteiger partial charge >= 0.3 is 0 Å². The maximum absolute atomic E-state index is 2.43. The molecule has 232 valence electrons. The van der Waals surface area contributed by atoms with Crippen LogP contribution in [-0.2, 0) is 6.42 Å². The normalized spacial score (nSPS) is 12.7. The number of aromatic nitrogens is 1. The predicted molar refractivity (Wildman–Crippen MR) is 211 cm³/mol. The first-order valence-electron chi connectivity index (χ1n) is 17.0. The van der Waals surface area contributed by atoms with Crippen LogP contribution in [0.2, 0.25) is 0 Å². The van der Waals surface area contributed by atoms with Gasteiger partial charge in [-0.15, -0.1) is 11.3 Å². The molecule has 0 aliphatic heterocycles. The van der Waals surface area contributed by atoms with Gasteiger partial charge in [0, 0.05) is 43.3 Å². The van der Waals surface area contributed by atoms with Gasteiger partial charge in [0.25, 0.3) is 0 Å². The highest BCUT2D eigenvalue weighted by Gasteiger charge is 2.20. The quantitative estimate of drug-likeness (QED) is 0.181. The molecule has 0 bridgehead atoms. The SMILES string of the molecule is C1=Cc2c(cccc2-c2ccc(N(c3ccc(-n4c5ccccc5c5ccccc54)cc3)c3cccc4c3sc3ccccc34)cc2)CC1. The molecule has 0 unspecified atom stereocenters. The molecule has 1 aliphatic carbocycles. The molecule has 49 heavy (non-hydrogen) atoms. The predicted octanol–water partition coefficient (Wildman–Crippen LogP) is 13.2. The minimum atomic E-state index is 1.11. The van der Waals surface area contributed by atoms with Crippen LogP contribution < -0.4 is 4.90 Å². The smallest absolute Gasteiger partial charge is 0.0640 e. The van der Waals surface area contributed by atoms with E-state index in [1.54, 1.807) is 0 Å². The minimum absolute atomic E-state index is 1.11. The number of aryl methyl sites for hydroxylation is 1. The molecular weight excluding hydrogens is 613 g/mol. The van der Waals surface area contributed by atoms with E-state index in [-0.39, 0.29) is 0 Å². The molecule has 9 aromatic rings. The molecule has 0 spiro atoms. The molecule has 0 saturated carbocycles. The van der Waals surface area contributed by atoms with E-state index < -0.39 is 0 Å². The van der Waals surface area contributed by atoms with Crippen LogP contribution in [0.1, 0.15) is 17.5 Å². The number of allylic oxidation sites excluding steroid dienone is 1. The van der Waals surface area contributed by atoms with E-state index >= 15 is 0 Å². The standard InChI is InChI=1S/C46H32N2S/c1-2-13-36-31(11-1)12-9-17-37(36)32-23-25-33(26-24-32)47(44-21-10-18-41-40-16-5-8-22-45(40)49-46(41)44)34-27-29-35(30-28-34)48-42-19-6-3-14-38(42)39-15-4-7-20-43(39)48/h2-10,12-30H,1,11H2.